The Morgan fingerprint density at radius 1 is 1.03 bits per heavy atom. The Balaban J connectivity index is 1.38. The van der Waals surface area contributed by atoms with E-state index in [2.05, 4.69) is 23.5 Å². The fraction of sp³-hybridized carbons (Fsp3) is 0.174. The molecule has 3 aromatic rings. The first kappa shape index (κ1) is 20.0. The van der Waals surface area contributed by atoms with Crippen LogP contribution >= 0.6 is 11.8 Å². The maximum absolute atomic E-state index is 12.6. The Kier molecular flexibility index (Phi) is 5.72. The Morgan fingerprint density at radius 2 is 1.77 bits per heavy atom. The Bertz CT molecular complexity index is 1090. The van der Waals surface area contributed by atoms with E-state index in [4.69, 9.17) is 0 Å². The van der Waals surface area contributed by atoms with E-state index >= 15 is 0 Å². The highest BCUT2D eigenvalue weighted by Crippen LogP contribution is 2.22. The Hall–Kier alpha value is -3.32. The van der Waals surface area contributed by atoms with Gasteiger partial charge in [-0.3, -0.25) is 14.5 Å². The maximum Gasteiger partial charge on any atom is 0.321 e. The van der Waals surface area contributed by atoms with Crippen LogP contribution in [0.15, 0.2) is 66.7 Å². The van der Waals surface area contributed by atoms with E-state index in [-0.39, 0.29) is 29.5 Å². The summed E-state index contributed by atoms with van der Waals surface area (Å²) in [4.78, 5) is 38.9. The summed E-state index contributed by atoms with van der Waals surface area (Å²) in [6.07, 6.45) is 0. The molecule has 30 heavy (non-hydrogen) atoms. The van der Waals surface area contributed by atoms with Crippen LogP contribution in [-0.2, 0) is 17.9 Å². The summed E-state index contributed by atoms with van der Waals surface area (Å²) in [6.45, 7) is 0.738. The van der Waals surface area contributed by atoms with E-state index in [0.717, 1.165) is 33.7 Å². The molecule has 0 spiro atoms. The van der Waals surface area contributed by atoms with E-state index in [1.165, 1.54) is 4.90 Å². The minimum absolute atomic E-state index is 0.169. The minimum atomic E-state index is -0.215. The highest BCUT2D eigenvalue weighted by Gasteiger charge is 2.29. The first-order chi connectivity index (χ1) is 14.5. The average molecular weight is 420 g/mol. The van der Waals surface area contributed by atoms with Gasteiger partial charge in [0, 0.05) is 19.3 Å². The number of hydrogen-bond acceptors (Lipinski definition) is 4. The number of urea groups is 1. The second-order valence-corrected chi connectivity index (χ2v) is 8.08. The standard InChI is InChI=1S/C23H21N3O3S/c1-25(14-18-7-4-6-17-5-2-3-8-20(17)18)22(28)24-19-11-9-16(10-12-19)13-26-21(27)15-30-23(26)29/h2-12H,13-15H2,1H3,(H,24,28). The van der Waals surface area contributed by atoms with Crippen molar-refractivity contribution in [3.63, 3.8) is 0 Å². The van der Waals surface area contributed by atoms with Crippen molar-refractivity contribution in [3.05, 3.63) is 77.9 Å². The summed E-state index contributed by atoms with van der Waals surface area (Å²) < 4.78 is 0. The molecule has 3 aromatic carbocycles. The molecule has 1 fully saturated rings. The van der Waals surface area contributed by atoms with Crippen molar-refractivity contribution in [2.75, 3.05) is 18.1 Å². The van der Waals surface area contributed by atoms with Crippen LogP contribution in [-0.4, -0.2) is 39.8 Å². The van der Waals surface area contributed by atoms with Crippen LogP contribution in [0, 0.1) is 0 Å². The number of nitrogens with zero attached hydrogens (tertiary/aromatic N) is 2. The largest absolute Gasteiger partial charge is 0.323 e. The molecule has 0 atom stereocenters. The summed E-state index contributed by atoms with van der Waals surface area (Å²) in [6, 6.07) is 21.2. The average Bonchev–Trinajstić information content (AvgIpc) is 3.07. The lowest BCUT2D eigenvalue weighted by Gasteiger charge is -2.19. The van der Waals surface area contributed by atoms with Gasteiger partial charge >= 0.3 is 6.03 Å². The third-order valence-electron chi connectivity index (χ3n) is 5.02. The monoisotopic (exact) mass is 419 g/mol. The number of carbonyl (C=O) groups is 3. The number of hydrogen-bond donors (Lipinski definition) is 1. The Labute approximate surface area is 178 Å². The molecule has 0 saturated carbocycles. The number of fused-ring (bicyclic) bond motifs is 1. The molecular weight excluding hydrogens is 398 g/mol. The zero-order valence-electron chi connectivity index (χ0n) is 16.5. The van der Waals surface area contributed by atoms with Gasteiger partial charge in [0.25, 0.3) is 5.24 Å². The van der Waals surface area contributed by atoms with Gasteiger partial charge in [0.2, 0.25) is 5.91 Å². The lowest BCUT2D eigenvalue weighted by Crippen LogP contribution is -2.31. The van der Waals surface area contributed by atoms with Gasteiger partial charge in [0.1, 0.15) is 0 Å². The molecule has 4 amide bonds. The number of thioether (sulfide) groups is 1. The molecule has 1 heterocycles. The van der Waals surface area contributed by atoms with Crippen LogP contribution in [0.2, 0.25) is 0 Å². The van der Waals surface area contributed by atoms with Gasteiger partial charge in [-0.1, -0.05) is 66.4 Å². The van der Waals surface area contributed by atoms with Crippen molar-refractivity contribution in [1.29, 1.82) is 0 Å². The van der Waals surface area contributed by atoms with E-state index in [1.54, 1.807) is 24.1 Å². The van der Waals surface area contributed by atoms with Crippen LogP contribution in [0.3, 0.4) is 0 Å². The highest BCUT2D eigenvalue weighted by atomic mass is 32.2. The molecular formula is C23H21N3O3S. The summed E-state index contributed by atoms with van der Waals surface area (Å²) >= 11 is 1.02. The smallest absolute Gasteiger partial charge is 0.321 e. The maximum atomic E-state index is 12.6. The van der Waals surface area contributed by atoms with Crippen LogP contribution in [0.4, 0.5) is 15.3 Å². The van der Waals surface area contributed by atoms with Gasteiger partial charge in [-0.2, -0.15) is 0 Å². The predicted molar refractivity (Wildman–Crippen MR) is 119 cm³/mol. The second kappa shape index (κ2) is 8.59. The van der Waals surface area contributed by atoms with Crippen molar-refractivity contribution >= 4 is 45.4 Å². The molecule has 7 heteroatoms. The highest BCUT2D eigenvalue weighted by molar-refractivity contribution is 8.14. The van der Waals surface area contributed by atoms with Gasteiger partial charge in [-0.15, -0.1) is 0 Å². The molecule has 6 nitrogen and oxygen atoms in total. The molecule has 4 rings (SSSR count). The second-order valence-electron chi connectivity index (χ2n) is 7.16. The van der Waals surface area contributed by atoms with Crippen molar-refractivity contribution in [3.8, 4) is 0 Å². The SMILES string of the molecule is CN(Cc1cccc2ccccc12)C(=O)Nc1ccc(CN2C(=O)CSC2=O)cc1. The van der Waals surface area contributed by atoms with Crippen molar-refractivity contribution in [2.45, 2.75) is 13.1 Å². The summed E-state index contributed by atoms with van der Waals surface area (Å²) in [7, 11) is 1.76. The molecule has 1 N–H and O–H groups in total. The van der Waals surface area contributed by atoms with Crippen molar-refractivity contribution in [1.82, 2.24) is 9.80 Å². The third-order valence-corrected chi connectivity index (χ3v) is 5.88. The lowest BCUT2D eigenvalue weighted by molar-refractivity contribution is -0.125. The van der Waals surface area contributed by atoms with Gasteiger partial charge in [0.15, 0.2) is 0 Å². The normalized spacial score (nSPS) is 13.7. The zero-order chi connectivity index (χ0) is 21.1. The summed E-state index contributed by atoms with van der Waals surface area (Å²) in [5, 5.41) is 4.95. The number of nitrogens with one attached hydrogen (secondary N) is 1. The van der Waals surface area contributed by atoms with E-state index in [0.29, 0.717) is 12.2 Å². The molecule has 0 aliphatic carbocycles. The third kappa shape index (κ3) is 4.31. The molecule has 0 radical (unpaired) electrons. The topological polar surface area (TPSA) is 69.7 Å². The van der Waals surface area contributed by atoms with Crippen LogP contribution in [0.1, 0.15) is 11.1 Å². The number of imide groups is 1. The van der Waals surface area contributed by atoms with E-state index < -0.39 is 0 Å². The van der Waals surface area contributed by atoms with Crippen LogP contribution in [0.25, 0.3) is 10.8 Å². The lowest BCUT2D eigenvalue weighted by atomic mass is 10.0. The number of carbonyl (C=O) groups excluding carboxylic acids is 3. The fourth-order valence-electron chi connectivity index (χ4n) is 3.39. The zero-order valence-corrected chi connectivity index (χ0v) is 17.3. The van der Waals surface area contributed by atoms with Gasteiger partial charge in [-0.05, 0) is 34.0 Å². The van der Waals surface area contributed by atoms with Gasteiger partial charge in [-0.25, -0.2) is 4.79 Å². The molecule has 1 aliphatic heterocycles. The first-order valence-corrected chi connectivity index (χ1v) is 10.5. The molecule has 152 valence electrons. The molecule has 1 aliphatic rings. The van der Waals surface area contributed by atoms with E-state index in [1.807, 2.05) is 36.4 Å². The molecule has 0 aromatic heterocycles. The number of benzene rings is 3. The predicted octanol–water partition coefficient (Wildman–Crippen LogP) is 4.70. The summed E-state index contributed by atoms with van der Waals surface area (Å²) in [5.41, 5.74) is 2.57. The quantitative estimate of drug-likeness (QED) is 0.651. The molecule has 1 saturated heterocycles. The van der Waals surface area contributed by atoms with Crippen molar-refractivity contribution in [2.24, 2.45) is 0 Å². The van der Waals surface area contributed by atoms with E-state index in [9.17, 15) is 14.4 Å². The van der Waals surface area contributed by atoms with Gasteiger partial charge < -0.3 is 10.2 Å². The number of anilines is 1. The molecule has 0 unspecified atom stereocenters. The van der Waals surface area contributed by atoms with Crippen LogP contribution in [0.5, 0.6) is 0 Å². The Morgan fingerprint density at radius 3 is 2.50 bits per heavy atom. The fourth-order valence-corrected chi connectivity index (χ4v) is 4.11. The van der Waals surface area contributed by atoms with Crippen molar-refractivity contribution < 1.29 is 14.4 Å². The van der Waals surface area contributed by atoms with Gasteiger partial charge in [0.05, 0.1) is 12.3 Å². The molecule has 0 bridgehead atoms. The number of rotatable bonds is 5. The summed E-state index contributed by atoms with van der Waals surface area (Å²) in [5.74, 6) is 0.0353. The minimum Gasteiger partial charge on any atom is -0.323 e. The number of amides is 4. The first-order valence-electron chi connectivity index (χ1n) is 9.56. The van der Waals surface area contributed by atoms with Crippen LogP contribution < -0.4 is 5.32 Å².